The van der Waals surface area contributed by atoms with E-state index in [0.29, 0.717) is 12.0 Å². The molecule has 1 unspecified atom stereocenters. The minimum absolute atomic E-state index is 0.0134. The van der Waals surface area contributed by atoms with Gasteiger partial charge in [-0.2, -0.15) is 0 Å². The lowest BCUT2D eigenvalue weighted by atomic mass is 9.93. The molecule has 2 N–H and O–H groups in total. The molecule has 0 aromatic rings. The van der Waals surface area contributed by atoms with Gasteiger partial charge < -0.3 is 15.4 Å². The molecule has 1 rings (SSSR count). The average molecular weight is 256 g/mol. The Morgan fingerprint density at radius 3 is 2.33 bits per heavy atom. The van der Waals surface area contributed by atoms with Gasteiger partial charge in [0.05, 0.1) is 6.10 Å². The molecule has 1 saturated carbocycles. The number of amides is 1. The molecule has 0 radical (unpaired) electrons. The zero-order valence-corrected chi connectivity index (χ0v) is 12.2. The number of rotatable bonds is 6. The van der Waals surface area contributed by atoms with Gasteiger partial charge in [0, 0.05) is 12.6 Å². The zero-order valence-electron chi connectivity index (χ0n) is 12.2. The van der Waals surface area contributed by atoms with Crippen LogP contribution in [0.25, 0.3) is 0 Å². The van der Waals surface area contributed by atoms with E-state index < -0.39 is 0 Å². The smallest absolute Gasteiger partial charge is 0.248 e. The molecule has 1 atom stereocenters. The first kappa shape index (κ1) is 15.4. The van der Waals surface area contributed by atoms with E-state index in [-0.39, 0.29) is 18.1 Å². The third-order valence-corrected chi connectivity index (χ3v) is 3.53. The van der Waals surface area contributed by atoms with Crippen molar-refractivity contribution in [2.75, 3.05) is 13.6 Å². The fourth-order valence-corrected chi connectivity index (χ4v) is 2.29. The quantitative estimate of drug-likeness (QED) is 0.760. The highest BCUT2D eigenvalue weighted by molar-refractivity contribution is 5.80. The van der Waals surface area contributed by atoms with Gasteiger partial charge in [0.1, 0.15) is 6.10 Å². The Kier molecular flexibility index (Phi) is 6.65. The fraction of sp³-hybridized carbons (Fsp3) is 0.929. The van der Waals surface area contributed by atoms with E-state index in [1.807, 2.05) is 14.0 Å². The molecule has 106 valence electrons. The number of carbonyl (C=O) groups excluding carboxylic acids is 1. The normalized spacial score (nSPS) is 26.1. The topological polar surface area (TPSA) is 50.4 Å². The summed E-state index contributed by atoms with van der Waals surface area (Å²) in [6.45, 7) is 6.74. The molecule has 0 spiro atoms. The van der Waals surface area contributed by atoms with Crippen molar-refractivity contribution in [3.8, 4) is 0 Å². The van der Waals surface area contributed by atoms with E-state index in [4.69, 9.17) is 4.74 Å². The molecule has 18 heavy (non-hydrogen) atoms. The van der Waals surface area contributed by atoms with Gasteiger partial charge in [-0.1, -0.05) is 13.8 Å². The van der Waals surface area contributed by atoms with Gasteiger partial charge in [0.2, 0.25) is 5.91 Å². The molecular weight excluding hydrogens is 228 g/mol. The highest BCUT2D eigenvalue weighted by Crippen LogP contribution is 2.22. The van der Waals surface area contributed by atoms with Crippen molar-refractivity contribution in [2.45, 2.75) is 64.7 Å². The Morgan fingerprint density at radius 2 is 1.83 bits per heavy atom. The van der Waals surface area contributed by atoms with Crippen LogP contribution in [0.4, 0.5) is 0 Å². The summed E-state index contributed by atoms with van der Waals surface area (Å²) in [6.07, 6.45) is 4.29. The molecule has 4 heteroatoms. The second kappa shape index (κ2) is 7.74. The molecule has 0 bridgehead atoms. The number of carbonyl (C=O) groups is 1. The zero-order chi connectivity index (χ0) is 13.5. The minimum atomic E-state index is -0.333. The SMILES string of the molecule is CNC1CCC(OC(C)C(=O)NCC(C)C)CC1. The van der Waals surface area contributed by atoms with E-state index in [2.05, 4.69) is 24.5 Å². The maximum atomic E-state index is 11.8. The summed E-state index contributed by atoms with van der Waals surface area (Å²) < 4.78 is 5.84. The van der Waals surface area contributed by atoms with Crippen molar-refractivity contribution in [1.82, 2.24) is 10.6 Å². The van der Waals surface area contributed by atoms with Crippen LogP contribution in [-0.4, -0.2) is 37.7 Å². The van der Waals surface area contributed by atoms with Gasteiger partial charge in [-0.05, 0) is 45.6 Å². The highest BCUT2D eigenvalue weighted by atomic mass is 16.5. The summed E-state index contributed by atoms with van der Waals surface area (Å²) >= 11 is 0. The summed E-state index contributed by atoms with van der Waals surface area (Å²) in [5.74, 6) is 0.492. The Balaban J connectivity index is 2.23. The minimum Gasteiger partial charge on any atom is -0.365 e. The fourth-order valence-electron chi connectivity index (χ4n) is 2.29. The van der Waals surface area contributed by atoms with Gasteiger partial charge in [-0.25, -0.2) is 0 Å². The first-order valence-corrected chi connectivity index (χ1v) is 7.13. The van der Waals surface area contributed by atoms with Crippen LogP contribution < -0.4 is 10.6 Å². The molecule has 0 saturated heterocycles. The van der Waals surface area contributed by atoms with Crippen LogP contribution in [0.2, 0.25) is 0 Å². The molecule has 4 nitrogen and oxygen atoms in total. The summed E-state index contributed by atoms with van der Waals surface area (Å²) in [5, 5.41) is 6.21. The number of hydrogen-bond acceptors (Lipinski definition) is 3. The number of ether oxygens (including phenoxy) is 1. The Labute approximate surface area is 111 Å². The van der Waals surface area contributed by atoms with Crippen molar-refractivity contribution in [2.24, 2.45) is 5.92 Å². The van der Waals surface area contributed by atoms with Gasteiger partial charge in [0.25, 0.3) is 0 Å². The first-order valence-electron chi connectivity index (χ1n) is 7.13. The summed E-state index contributed by atoms with van der Waals surface area (Å²) in [5.41, 5.74) is 0. The van der Waals surface area contributed by atoms with Crippen LogP contribution in [0, 0.1) is 5.92 Å². The van der Waals surface area contributed by atoms with E-state index in [1.54, 1.807) is 0 Å². The maximum Gasteiger partial charge on any atom is 0.248 e. The largest absolute Gasteiger partial charge is 0.365 e. The molecular formula is C14H28N2O2. The molecule has 0 aliphatic heterocycles. The van der Waals surface area contributed by atoms with E-state index >= 15 is 0 Å². The van der Waals surface area contributed by atoms with Crippen LogP contribution in [0.1, 0.15) is 46.5 Å². The molecule has 1 fully saturated rings. The summed E-state index contributed by atoms with van der Waals surface area (Å²) in [6, 6.07) is 0.620. The Hall–Kier alpha value is -0.610. The van der Waals surface area contributed by atoms with E-state index in [1.165, 1.54) is 0 Å². The van der Waals surface area contributed by atoms with Gasteiger partial charge in [-0.3, -0.25) is 4.79 Å². The molecule has 1 aliphatic carbocycles. The second-order valence-electron chi connectivity index (χ2n) is 5.68. The van der Waals surface area contributed by atoms with Crippen LogP contribution >= 0.6 is 0 Å². The highest BCUT2D eigenvalue weighted by Gasteiger charge is 2.24. The van der Waals surface area contributed by atoms with Crippen LogP contribution in [-0.2, 0) is 9.53 Å². The van der Waals surface area contributed by atoms with Crippen molar-refractivity contribution >= 4 is 5.91 Å². The molecule has 1 amide bonds. The lowest BCUT2D eigenvalue weighted by Gasteiger charge is -2.30. The van der Waals surface area contributed by atoms with Gasteiger partial charge in [-0.15, -0.1) is 0 Å². The average Bonchev–Trinajstić information content (AvgIpc) is 2.36. The van der Waals surface area contributed by atoms with E-state index in [0.717, 1.165) is 32.2 Å². The van der Waals surface area contributed by atoms with Crippen molar-refractivity contribution in [3.05, 3.63) is 0 Å². The third kappa shape index (κ3) is 5.36. The molecule has 1 aliphatic rings. The number of nitrogens with one attached hydrogen (secondary N) is 2. The second-order valence-corrected chi connectivity index (χ2v) is 5.68. The van der Waals surface area contributed by atoms with Crippen LogP contribution in [0.3, 0.4) is 0 Å². The van der Waals surface area contributed by atoms with Crippen molar-refractivity contribution < 1.29 is 9.53 Å². The monoisotopic (exact) mass is 256 g/mol. The number of hydrogen-bond donors (Lipinski definition) is 2. The Bertz CT molecular complexity index is 248. The predicted molar refractivity (Wildman–Crippen MR) is 73.5 cm³/mol. The lowest BCUT2D eigenvalue weighted by Crippen LogP contribution is -2.40. The van der Waals surface area contributed by atoms with Crippen LogP contribution in [0.5, 0.6) is 0 Å². The summed E-state index contributed by atoms with van der Waals surface area (Å²) in [7, 11) is 2.01. The summed E-state index contributed by atoms with van der Waals surface area (Å²) in [4.78, 5) is 11.8. The van der Waals surface area contributed by atoms with Gasteiger partial charge in [0.15, 0.2) is 0 Å². The predicted octanol–water partition coefficient (Wildman–Crippen LogP) is 1.69. The molecule has 0 aromatic carbocycles. The standard InChI is InChI=1S/C14H28N2O2/c1-10(2)9-16-14(17)11(3)18-13-7-5-12(15-4)6-8-13/h10-13,15H,5-9H2,1-4H3,(H,16,17). The van der Waals surface area contributed by atoms with Gasteiger partial charge >= 0.3 is 0 Å². The maximum absolute atomic E-state index is 11.8. The third-order valence-electron chi connectivity index (χ3n) is 3.53. The van der Waals surface area contributed by atoms with E-state index in [9.17, 15) is 4.79 Å². The Morgan fingerprint density at radius 1 is 1.22 bits per heavy atom. The van der Waals surface area contributed by atoms with Crippen molar-refractivity contribution in [3.63, 3.8) is 0 Å². The molecule has 0 aromatic heterocycles. The van der Waals surface area contributed by atoms with Crippen LogP contribution in [0.15, 0.2) is 0 Å². The lowest BCUT2D eigenvalue weighted by molar-refractivity contribution is -0.136. The van der Waals surface area contributed by atoms with Crippen molar-refractivity contribution in [1.29, 1.82) is 0 Å². The first-order chi connectivity index (χ1) is 8.52. The molecule has 0 heterocycles.